The van der Waals surface area contributed by atoms with Crippen molar-refractivity contribution in [3.8, 4) is 0 Å². The van der Waals surface area contributed by atoms with Gasteiger partial charge in [0.05, 0.1) is 9.98 Å². The first-order chi connectivity index (χ1) is 8.06. The lowest BCUT2D eigenvalue weighted by Gasteiger charge is -2.19. The minimum atomic E-state index is -1.01. The number of carbonyl (C=O) groups excluding carboxylic acids is 1. The number of anilines is 1. The number of carbonyl (C=O) groups is 2. The molecule has 0 aromatic carbocycles. The van der Waals surface area contributed by atoms with E-state index in [4.69, 9.17) is 5.11 Å². The van der Waals surface area contributed by atoms with Gasteiger partial charge in [-0.25, -0.2) is 9.78 Å². The molecule has 2 N–H and O–H groups in total. The van der Waals surface area contributed by atoms with Gasteiger partial charge in [0.25, 0.3) is 0 Å². The van der Waals surface area contributed by atoms with Crippen molar-refractivity contribution in [3.63, 3.8) is 0 Å². The van der Waals surface area contributed by atoms with E-state index in [1.54, 1.807) is 6.20 Å². The fourth-order valence-corrected chi connectivity index (χ4v) is 2.47. The van der Waals surface area contributed by atoms with Crippen molar-refractivity contribution in [2.75, 3.05) is 11.9 Å². The molecule has 1 aliphatic carbocycles. The van der Waals surface area contributed by atoms with Crippen LogP contribution in [0.2, 0.25) is 0 Å². The number of urea groups is 1. The Labute approximate surface area is 110 Å². The molecule has 2 rings (SSSR count). The number of rotatable bonds is 4. The monoisotopic (exact) mass is 319 g/mol. The van der Waals surface area contributed by atoms with Gasteiger partial charge in [-0.1, -0.05) is 11.3 Å². The van der Waals surface area contributed by atoms with Crippen molar-refractivity contribution in [1.82, 2.24) is 9.88 Å². The second-order valence-electron chi connectivity index (χ2n) is 3.65. The first-order valence-corrected chi connectivity index (χ1v) is 6.58. The third-order valence-electron chi connectivity index (χ3n) is 2.25. The molecule has 1 aromatic heterocycles. The smallest absolute Gasteiger partial charge is 0.324 e. The van der Waals surface area contributed by atoms with Crippen LogP contribution in [0.25, 0.3) is 0 Å². The van der Waals surface area contributed by atoms with E-state index < -0.39 is 12.0 Å². The normalized spacial score (nSPS) is 14.4. The zero-order valence-corrected chi connectivity index (χ0v) is 11.1. The number of thiazole rings is 1. The van der Waals surface area contributed by atoms with Gasteiger partial charge in [-0.15, -0.1) is 0 Å². The SMILES string of the molecule is O=C(O)CN(C(=O)Nc1ncc(Br)s1)C1CC1. The van der Waals surface area contributed by atoms with Crippen LogP contribution in [0.1, 0.15) is 12.8 Å². The summed E-state index contributed by atoms with van der Waals surface area (Å²) in [4.78, 5) is 27.8. The van der Waals surface area contributed by atoms with Gasteiger partial charge in [0.1, 0.15) is 6.54 Å². The van der Waals surface area contributed by atoms with E-state index in [2.05, 4.69) is 26.2 Å². The number of amides is 2. The number of halogens is 1. The summed E-state index contributed by atoms with van der Waals surface area (Å²) in [6.07, 6.45) is 3.31. The average molecular weight is 320 g/mol. The molecule has 1 saturated carbocycles. The van der Waals surface area contributed by atoms with Gasteiger partial charge in [0.15, 0.2) is 5.13 Å². The Hall–Kier alpha value is -1.15. The Morgan fingerprint density at radius 3 is 2.82 bits per heavy atom. The van der Waals surface area contributed by atoms with Crippen LogP contribution in [-0.2, 0) is 4.79 Å². The summed E-state index contributed by atoms with van der Waals surface area (Å²) < 4.78 is 0.809. The molecule has 0 bridgehead atoms. The molecule has 0 spiro atoms. The van der Waals surface area contributed by atoms with Crippen LogP contribution in [0.15, 0.2) is 9.98 Å². The molecule has 0 radical (unpaired) electrons. The predicted molar refractivity (Wildman–Crippen MR) is 66.2 cm³/mol. The van der Waals surface area contributed by atoms with E-state index in [9.17, 15) is 9.59 Å². The van der Waals surface area contributed by atoms with Gasteiger partial charge in [-0.3, -0.25) is 10.1 Å². The van der Waals surface area contributed by atoms with Crippen LogP contribution >= 0.6 is 27.3 Å². The Bertz CT molecular complexity index is 446. The van der Waals surface area contributed by atoms with Gasteiger partial charge in [-0.2, -0.15) is 0 Å². The molecule has 2 amide bonds. The van der Waals surface area contributed by atoms with Crippen LogP contribution in [0.4, 0.5) is 9.93 Å². The van der Waals surface area contributed by atoms with Gasteiger partial charge < -0.3 is 10.0 Å². The number of nitrogens with zero attached hydrogens (tertiary/aromatic N) is 2. The predicted octanol–water partition coefficient (Wildman–Crippen LogP) is 1.99. The standard InChI is InChI=1S/C9H10BrN3O3S/c10-6-3-11-8(17-6)12-9(16)13(4-7(14)15)5-1-2-5/h3,5H,1-2,4H2,(H,14,15)(H,11,12,16). The molecular formula is C9H10BrN3O3S. The van der Waals surface area contributed by atoms with Gasteiger partial charge >= 0.3 is 12.0 Å². The number of carboxylic acids is 1. The minimum Gasteiger partial charge on any atom is -0.480 e. The number of aliphatic carboxylic acids is 1. The number of hydrogen-bond donors (Lipinski definition) is 2. The fraction of sp³-hybridized carbons (Fsp3) is 0.444. The van der Waals surface area contributed by atoms with Crippen molar-refractivity contribution in [2.24, 2.45) is 0 Å². The molecule has 8 heteroatoms. The molecule has 17 heavy (non-hydrogen) atoms. The molecule has 0 unspecified atom stereocenters. The number of nitrogens with one attached hydrogen (secondary N) is 1. The average Bonchev–Trinajstić information content (AvgIpc) is 3.00. The van der Waals surface area contributed by atoms with Crippen molar-refractivity contribution >= 4 is 44.4 Å². The second-order valence-corrected chi connectivity index (χ2v) is 6.06. The topological polar surface area (TPSA) is 82.5 Å². The molecule has 0 saturated heterocycles. The lowest BCUT2D eigenvalue weighted by molar-refractivity contribution is -0.137. The number of aromatic nitrogens is 1. The Kier molecular flexibility index (Phi) is 3.63. The van der Waals surface area contributed by atoms with E-state index in [1.807, 2.05) is 0 Å². The molecule has 0 aliphatic heterocycles. The van der Waals surface area contributed by atoms with Crippen molar-refractivity contribution < 1.29 is 14.7 Å². The molecule has 1 heterocycles. The molecule has 1 fully saturated rings. The molecule has 6 nitrogen and oxygen atoms in total. The Morgan fingerprint density at radius 1 is 1.65 bits per heavy atom. The summed E-state index contributed by atoms with van der Waals surface area (Å²) in [5.74, 6) is -1.01. The van der Waals surface area contributed by atoms with Gasteiger partial charge in [-0.05, 0) is 28.8 Å². The quantitative estimate of drug-likeness (QED) is 0.889. The highest BCUT2D eigenvalue weighted by atomic mass is 79.9. The zero-order valence-electron chi connectivity index (χ0n) is 8.72. The largest absolute Gasteiger partial charge is 0.480 e. The summed E-state index contributed by atoms with van der Waals surface area (Å²) in [6.45, 7) is -0.275. The van der Waals surface area contributed by atoms with Crippen LogP contribution in [0.3, 0.4) is 0 Å². The maximum absolute atomic E-state index is 11.8. The molecular weight excluding hydrogens is 310 g/mol. The minimum absolute atomic E-state index is 0.0505. The van der Waals surface area contributed by atoms with Crippen LogP contribution in [-0.4, -0.2) is 39.6 Å². The summed E-state index contributed by atoms with van der Waals surface area (Å²) >= 11 is 4.52. The zero-order chi connectivity index (χ0) is 12.4. The first-order valence-electron chi connectivity index (χ1n) is 4.97. The van der Waals surface area contributed by atoms with E-state index in [0.717, 1.165) is 16.6 Å². The molecule has 0 atom stereocenters. The van der Waals surface area contributed by atoms with Crippen LogP contribution in [0, 0.1) is 0 Å². The van der Waals surface area contributed by atoms with Crippen molar-refractivity contribution in [3.05, 3.63) is 9.98 Å². The summed E-state index contributed by atoms with van der Waals surface area (Å²) in [7, 11) is 0. The lowest BCUT2D eigenvalue weighted by Crippen LogP contribution is -2.40. The van der Waals surface area contributed by atoms with Gasteiger partial charge in [0.2, 0.25) is 0 Å². The summed E-state index contributed by atoms with van der Waals surface area (Å²) in [5, 5.41) is 11.8. The van der Waals surface area contributed by atoms with E-state index in [-0.39, 0.29) is 12.6 Å². The van der Waals surface area contributed by atoms with E-state index in [1.165, 1.54) is 16.2 Å². The maximum Gasteiger partial charge on any atom is 0.324 e. The fourth-order valence-electron chi connectivity index (χ4n) is 1.37. The van der Waals surface area contributed by atoms with E-state index >= 15 is 0 Å². The molecule has 92 valence electrons. The first kappa shape index (κ1) is 12.3. The highest BCUT2D eigenvalue weighted by molar-refractivity contribution is 9.11. The number of hydrogen-bond acceptors (Lipinski definition) is 4. The van der Waals surface area contributed by atoms with Gasteiger partial charge in [0, 0.05) is 6.04 Å². The molecule has 1 aliphatic rings. The summed E-state index contributed by atoms with van der Waals surface area (Å²) in [5.41, 5.74) is 0. The third kappa shape index (κ3) is 3.40. The highest BCUT2D eigenvalue weighted by Gasteiger charge is 2.34. The lowest BCUT2D eigenvalue weighted by atomic mass is 10.5. The van der Waals surface area contributed by atoms with Crippen LogP contribution in [0.5, 0.6) is 0 Å². The summed E-state index contributed by atoms with van der Waals surface area (Å²) in [6, 6.07) is -0.355. The van der Waals surface area contributed by atoms with E-state index in [0.29, 0.717) is 5.13 Å². The highest BCUT2D eigenvalue weighted by Crippen LogP contribution is 2.28. The Morgan fingerprint density at radius 2 is 2.35 bits per heavy atom. The third-order valence-corrected chi connectivity index (χ3v) is 3.64. The van der Waals surface area contributed by atoms with Crippen molar-refractivity contribution in [1.29, 1.82) is 0 Å². The second kappa shape index (κ2) is 5.01. The van der Waals surface area contributed by atoms with Crippen LogP contribution < -0.4 is 5.32 Å². The maximum atomic E-state index is 11.8. The Balaban J connectivity index is 1.98. The number of carboxylic acid groups (broad SMARTS) is 1. The molecule has 1 aromatic rings. The van der Waals surface area contributed by atoms with Crippen molar-refractivity contribution in [2.45, 2.75) is 18.9 Å².